The first kappa shape index (κ1) is 21.6. The summed E-state index contributed by atoms with van der Waals surface area (Å²) in [6.07, 6.45) is 5.56. The van der Waals surface area contributed by atoms with Crippen molar-refractivity contribution in [3.8, 4) is 0 Å². The summed E-state index contributed by atoms with van der Waals surface area (Å²) in [6, 6.07) is 8.08. The average molecular weight is 418 g/mol. The number of halogens is 1. The number of piperazine rings is 1. The minimum atomic E-state index is -3.60. The Morgan fingerprint density at radius 1 is 1.17 bits per heavy atom. The highest BCUT2D eigenvalue weighted by atomic mass is 32.2. The highest BCUT2D eigenvalue weighted by Crippen LogP contribution is 2.28. The lowest BCUT2D eigenvalue weighted by molar-refractivity contribution is 0.222. The predicted molar refractivity (Wildman–Crippen MR) is 114 cm³/mol. The summed E-state index contributed by atoms with van der Waals surface area (Å²) in [6.45, 7) is 6.33. The molecule has 29 heavy (non-hydrogen) atoms. The number of benzene rings is 1. The van der Waals surface area contributed by atoms with Crippen LogP contribution in [0.25, 0.3) is 5.57 Å². The number of unbranched alkanes of at least 4 members (excludes halogenated alkanes) is 1. The van der Waals surface area contributed by atoms with Crippen LogP contribution in [0.4, 0.5) is 4.39 Å². The van der Waals surface area contributed by atoms with Crippen molar-refractivity contribution < 1.29 is 12.8 Å². The van der Waals surface area contributed by atoms with E-state index >= 15 is 0 Å². The maximum atomic E-state index is 13.5. The maximum absolute atomic E-state index is 13.5. The first-order chi connectivity index (χ1) is 13.8. The number of likely N-dealkylation sites (N-methyl/N-ethyl adjacent to an activating group) is 1. The summed E-state index contributed by atoms with van der Waals surface area (Å²) < 4.78 is 40.8. The number of allylic oxidation sites excluding steroid dienone is 1. The summed E-state index contributed by atoms with van der Waals surface area (Å²) in [4.78, 5) is 6.40. The first-order valence-electron chi connectivity index (χ1n) is 9.94. The lowest BCUT2D eigenvalue weighted by Crippen LogP contribution is -2.47. The van der Waals surface area contributed by atoms with Gasteiger partial charge >= 0.3 is 0 Å². The molecular weight excluding hydrogens is 389 g/mol. The van der Waals surface area contributed by atoms with Crippen molar-refractivity contribution in [3.05, 3.63) is 65.1 Å². The molecule has 0 atom stereocenters. The van der Waals surface area contributed by atoms with Gasteiger partial charge in [0, 0.05) is 37.9 Å². The van der Waals surface area contributed by atoms with Crippen LogP contribution in [0.5, 0.6) is 0 Å². The molecule has 7 heteroatoms. The van der Waals surface area contributed by atoms with Gasteiger partial charge in [-0.15, -0.1) is 0 Å². The van der Waals surface area contributed by atoms with Gasteiger partial charge in [-0.3, -0.25) is 0 Å². The van der Waals surface area contributed by atoms with Crippen molar-refractivity contribution in [1.29, 1.82) is 0 Å². The van der Waals surface area contributed by atoms with E-state index in [9.17, 15) is 12.8 Å². The molecule has 0 unspecified atom stereocenters. The molecule has 0 radical (unpaired) electrons. The monoisotopic (exact) mass is 417 g/mol. The van der Waals surface area contributed by atoms with Crippen molar-refractivity contribution in [3.63, 3.8) is 0 Å². The number of hydrogen-bond acceptors (Lipinski definition) is 4. The minimum absolute atomic E-state index is 0.0662. The van der Waals surface area contributed by atoms with Crippen LogP contribution in [0.3, 0.4) is 0 Å². The zero-order valence-corrected chi connectivity index (χ0v) is 18.0. The van der Waals surface area contributed by atoms with Crippen molar-refractivity contribution in [1.82, 2.24) is 14.2 Å². The van der Waals surface area contributed by atoms with Crippen molar-refractivity contribution >= 4 is 15.6 Å². The summed E-state index contributed by atoms with van der Waals surface area (Å²) in [5.74, 6) is -0.271. The molecule has 1 aromatic heterocycles. The molecular formula is C22H28FN3O2S. The fraction of sp³-hybridized carbons (Fsp3) is 0.409. The molecule has 1 saturated heterocycles. The fourth-order valence-electron chi connectivity index (χ4n) is 3.45. The lowest BCUT2D eigenvalue weighted by atomic mass is 9.94. The highest BCUT2D eigenvalue weighted by Gasteiger charge is 2.28. The second-order valence-electron chi connectivity index (χ2n) is 7.46. The minimum Gasteiger partial charge on any atom is -0.304 e. The number of rotatable bonds is 6. The molecule has 2 aromatic rings. The van der Waals surface area contributed by atoms with Crippen LogP contribution in [0.1, 0.15) is 36.5 Å². The molecule has 0 amide bonds. The summed E-state index contributed by atoms with van der Waals surface area (Å²) in [5, 5.41) is 0.0662. The molecule has 3 rings (SSSR count). The number of hydrogen-bond donors (Lipinski definition) is 0. The van der Waals surface area contributed by atoms with Crippen LogP contribution in [0.15, 0.2) is 47.6 Å². The molecule has 0 bridgehead atoms. The SMILES string of the molecule is CCC/C=C(/c1ccc(S(=O)(=O)N2CCN(C)CC2)nc1)c1ccc(F)cc1C. The Morgan fingerprint density at radius 3 is 2.48 bits per heavy atom. The molecule has 0 N–H and O–H groups in total. The van der Waals surface area contributed by atoms with Gasteiger partial charge in [0.1, 0.15) is 5.82 Å². The van der Waals surface area contributed by atoms with Crippen LogP contribution in [-0.2, 0) is 10.0 Å². The molecule has 1 aromatic carbocycles. The molecule has 0 aliphatic carbocycles. The van der Waals surface area contributed by atoms with Crippen molar-refractivity contribution in [2.45, 2.75) is 31.7 Å². The van der Waals surface area contributed by atoms with E-state index in [0.29, 0.717) is 26.2 Å². The van der Waals surface area contributed by atoms with E-state index in [4.69, 9.17) is 0 Å². The average Bonchev–Trinajstić information content (AvgIpc) is 2.70. The van der Waals surface area contributed by atoms with E-state index in [2.05, 4.69) is 22.9 Å². The summed E-state index contributed by atoms with van der Waals surface area (Å²) >= 11 is 0. The Balaban J connectivity index is 1.92. The van der Waals surface area contributed by atoms with Gasteiger partial charge in [-0.1, -0.05) is 25.5 Å². The molecule has 2 heterocycles. The Labute approximate surface area is 172 Å². The molecule has 0 spiro atoms. The third-order valence-electron chi connectivity index (χ3n) is 5.23. The first-order valence-corrected chi connectivity index (χ1v) is 11.4. The second kappa shape index (κ2) is 9.15. The van der Waals surface area contributed by atoms with Crippen molar-refractivity contribution in [2.75, 3.05) is 33.2 Å². The van der Waals surface area contributed by atoms with Gasteiger partial charge in [-0.2, -0.15) is 4.31 Å². The zero-order valence-electron chi connectivity index (χ0n) is 17.2. The van der Waals surface area contributed by atoms with Crippen LogP contribution < -0.4 is 0 Å². The smallest absolute Gasteiger partial charge is 0.260 e. The van der Waals surface area contributed by atoms with E-state index in [1.165, 1.54) is 16.4 Å². The van der Waals surface area contributed by atoms with Gasteiger partial charge in [-0.05, 0) is 61.4 Å². The quantitative estimate of drug-likeness (QED) is 0.719. The summed E-state index contributed by atoms with van der Waals surface area (Å²) in [5.41, 5.74) is 3.53. The van der Waals surface area contributed by atoms with Crippen molar-refractivity contribution in [2.24, 2.45) is 0 Å². The third kappa shape index (κ3) is 4.91. The van der Waals surface area contributed by atoms with Gasteiger partial charge in [0.15, 0.2) is 5.03 Å². The van der Waals surface area contributed by atoms with E-state index in [1.807, 2.05) is 14.0 Å². The number of nitrogens with zero attached hydrogens (tertiary/aromatic N) is 3. The number of aromatic nitrogens is 1. The van der Waals surface area contributed by atoms with Crippen LogP contribution in [0, 0.1) is 12.7 Å². The Bertz CT molecular complexity index is 980. The van der Waals surface area contributed by atoms with E-state index in [-0.39, 0.29) is 10.8 Å². The van der Waals surface area contributed by atoms with Crippen LogP contribution in [-0.4, -0.2) is 55.8 Å². The molecule has 1 fully saturated rings. The van der Waals surface area contributed by atoms with Gasteiger partial charge in [0.05, 0.1) is 0 Å². The van der Waals surface area contributed by atoms with E-state index < -0.39 is 10.0 Å². The fourth-order valence-corrected chi connectivity index (χ4v) is 4.79. The molecule has 156 valence electrons. The predicted octanol–water partition coefficient (Wildman–Crippen LogP) is 3.70. The topological polar surface area (TPSA) is 53.5 Å². The Morgan fingerprint density at radius 2 is 1.90 bits per heavy atom. The molecule has 5 nitrogen and oxygen atoms in total. The van der Waals surface area contributed by atoms with E-state index in [0.717, 1.165) is 35.1 Å². The van der Waals surface area contributed by atoms with Gasteiger partial charge in [0.2, 0.25) is 0 Å². The molecule has 1 aliphatic heterocycles. The Kier molecular flexibility index (Phi) is 6.82. The third-order valence-corrected chi connectivity index (χ3v) is 7.04. The Hall–Kier alpha value is -2.09. The van der Waals surface area contributed by atoms with Gasteiger partial charge < -0.3 is 4.90 Å². The largest absolute Gasteiger partial charge is 0.304 e. The maximum Gasteiger partial charge on any atom is 0.260 e. The standard InChI is InChI=1S/C22H28FN3O2S/c1-4-5-6-21(20-9-8-19(23)15-17(20)2)18-7-10-22(24-16-18)29(27,28)26-13-11-25(3)12-14-26/h6-10,15-16H,4-5,11-14H2,1-3H3/b21-6-. The molecule has 0 saturated carbocycles. The highest BCUT2D eigenvalue weighted by molar-refractivity contribution is 7.89. The lowest BCUT2D eigenvalue weighted by Gasteiger charge is -2.31. The van der Waals surface area contributed by atoms with Gasteiger partial charge in [0.25, 0.3) is 10.0 Å². The zero-order chi connectivity index (χ0) is 21.0. The number of sulfonamides is 1. The number of aryl methyl sites for hydroxylation is 1. The summed E-state index contributed by atoms with van der Waals surface area (Å²) in [7, 11) is -1.61. The van der Waals surface area contributed by atoms with Crippen LogP contribution >= 0.6 is 0 Å². The number of pyridine rings is 1. The van der Waals surface area contributed by atoms with Gasteiger partial charge in [-0.25, -0.2) is 17.8 Å². The van der Waals surface area contributed by atoms with E-state index in [1.54, 1.807) is 24.4 Å². The second-order valence-corrected chi connectivity index (χ2v) is 9.34. The normalized spacial score (nSPS) is 16.9. The molecule has 1 aliphatic rings. The van der Waals surface area contributed by atoms with Crippen LogP contribution in [0.2, 0.25) is 0 Å².